The lowest BCUT2D eigenvalue weighted by Gasteiger charge is -2.13. The van der Waals surface area contributed by atoms with Gasteiger partial charge in [-0.25, -0.2) is 14.8 Å². The SMILES string of the molecule is Cc1ocnc1Cn1nc2c(-c3ccc(=O)n(C(C)C)c3)c(-c3ccccc3)[nH+]c(N)n2c1=O. The number of benzene rings is 1. The van der Waals surface area contributed by atoms with Crippen LogP contribution >= 0.6 is 0 Å². The van der Waals surface area contributed by atoms with Crippen molar-refractivity contribution in [2.75, 3.05) is 5.73 Å². The summed E-state index contributed by atoms with van der Waals surface area (Å²) >= 11 is 0. The van der Waals surface area contributed by atoms with Gasteiger partial charge in [-0.1, -0.05) is 30.3 Å². The van der Waals surface area contributed by atoms with Gasteiger partial charge in [0.1, 0.15) is 17.1 Å². The average molecular weight is 459 g/mol. The number of nitrogen functional groups attached to an aromatic ring is 1. The van der Waals surface area contributed by atoms with Crippen LogP contribution in [0.5, 0.6) is 0 Å². The van der Waals surface area contributed by atoms with Crippen molar-refractivity contribution in [3.63, 3.8) is 0 Å². The molecule has 0 atom stereocenters. The minimum absolute atomic E-state index is 0.0451. The van der Waals surface area contributed by atoms with Crippen molar-refractivity contribution in [1.82, 2.24) is 23.7 Å². The van der Waals surface area contributed by atoms with E-state index in [0.717, 1.165) is 11.1 Å². The molecule has 0 amide bonds. The van der Waals surface area contributed by atoms with E-state index < -0.39 is 5.69 Å². The van der Waals surface area contributed by atoms with Crippen LogP contribution < -0.4 is 22.0 Å². The average Bonchev–Trinajstić information content (AvgIpc) is 3.38. The van der Waals surface area contributed by atoms with Crippen LogP contribution in [-0.4, -0.2) is 23.7 Å². The summed E-state index contributed by atoms with van der Waals surface area (Å²) in [5, 5.41) is 4.65. The Bertz CT molecular complexity index is 1620. The molecular weight excluding hydrogens is 434 g/mol. The van der Waals surface area contributed by atoms with E-state index in [1.54, 1.807) is 23.8 Å². The van der Waals surface area contributed by atoms with Gasteiger partial charge in [-0.3, -0.25) is 10.5 Å². The van der Waals surface area contributed by atoms with Gasteiger partial charge in [-0.2, -0.15) is 4.68 Å². The molecule has 4 aromatic heterocycles. The molecule has 10 heteroatoms. The third kappa shape index (κ3) is 3.49. The third-order valence-corrected chi connectivity index (χ3v) is 5.80. The summed E-state index contributed by atoms with van der Waals surface area (Å²) in [6.45, 7) is 5.79. The van der Waals surface area contributed by atoms with Crippen LogP contribution in [0.1, 0.15) is 31.3 Å². The Morgan fingerprint density at radius 1 is 1.09 bits per heavy atom. The van der Waals surface area contributed by atoms with E-state index >= 15 is 0 Å². The van der Waals surface area contributed by atoms with Crippen molar-refractivity contribution in [2.45, 2.75) is 33.4 Å². The van der Waals surface area contributed by atoms with Crippen LogP contribution in [0.25, 0.3) is 28.0 Å². The number of H-pyrrole nitrogens is 1. The van der Waals surface area contributed by atoms with Gasteiger partial charge in [0, 0.05) is 29.4 Å². The molecule has 172 valence electrons. The molecule has 34 heavy (non-hydrogen) atoms. The summed E-state index contributed by atoms with van der Waals surface area (Å²) < 4.78 is 9.55. The molecule has 0 aliphatic carbocycles. The molecule has 0 aliphatic rings. The number of aromatic amines is 1. The summed E-state index contributed by atoms with van der Waals surface area (Å²) in [4.78, 5) is 33.1. The van der Waals surface area contributed by atoms with Crippen molar-refractivity contribution in [2.24, 2.45) is 0 Å². The Morgan fingerprint density at radius 3 is 2.53 bits per heavy atom. The number of nitrogens with one attached hydrogen (secondary N) is 1. The van der Waals surface area contributed by atoms with Crippen LogP contribution in [0.3, 0.4) is 0 Å². The Balaban J connectivity index is 1.84. The Kier molecular flexibility index (Phi) is 5.12. The molecule has 0 saturated carbocycles. The Hall–Kier alpha value is -4.47. The standard InChI is InChI=1S/C24H23N7O3/c1-14(2)29-11-17(9-10-19(29)32)20-21(16-7-5-4-6-8-16)27-23(25)31-22(20)28-30(24(31)33)12-18-15(3)34-13-26-18/h4-11,13-14H,12H2,1-3H3,(H2,25,27)/p+1. The number of anilines is 1. The van der Waals surface area contributed by atoms with Gasteiger partial charge >= 0.3 is 11.6 Å². The van der Waals surface area contributed by atoms with Crippen LogP contribution in [0.15, 0.2) is 69.1 Å². The van der Waals surface area contributed by atoms with Crippen LogP contribution in [0, 0.1) is 6.92 Å². The fraction of sp³-hybridized carbons (Fsp3) is 0.208. The van der Waals surface area contributed by atoms with E-state index in [-0.39, 0.29) is 24.1 Å². The molecule has 5 rings (SSSR count). The van der Waals surface area contributed by atoms with Crippen molar-refractivity contribution in [1.29, 1.82) is 0 Å². The van der Waals surface area contributed by atoms with Crippen molar-refractivity contribution < 1.29 is 9.40 Å². The fourth-order valence-corrected chi connectivity index (χ4v) is 4.02. The highest BCUT2D eigenvalue weighted by molar-refractivity contribution is 5.88. The van der Waals surface area contributed by atoms with Gasteiger partial charge in [-0.15, -0.1) is 9.50 Å². The highest BCUT2D eigenvalue weighted by Gasteiger charge is 2.26. The zero-order chi connectivity index (χ0) is 24.0. The van der Waals surface area contributed by atoms with Gasteiger partial charge in [0.15, 0.2) is 6.39 Å². The number of hydrogen-bond donors (Lipinski definition) is 1. The zero-order valence-electron chi connectivity index (χ0n) is 19.0. The maximum atomic E-state index is 13.3. The number of aromatic nitrogens is 6. The third-order valence-electron chi connectivity index (χ3n) is 5.80. The number of fused-ring (bicyclic) bond motifs is 1. The number of hydrogen-bond acceptors (Lipinski definition) is 6. The zero-order valence-corrected chi connectivity index (χ0v) is 19.0. The molecule has 0 bridgehead atoms. The fourth-order valence-electron chi connectivity index (χ4n) is 4.02. The molecular formula is C24H24N7O3+. The molecule has 4 heterocycles. The topological polar surface area (TPSA) is 127 Å². The molecule has 0 saturated heterocycles. The molecule has 0 spiro atoms. The second-order valence-corrected chi connectivity index (χ2v) is 8.34. The Labute approximate surface area is 193 Å². The van der Waals surface area contributed by atoms with Crippen LogP contribution in [0.2, 0.25) is 0 Å². The van der Waals surface area contributed by atoms with Gasteiger partial charge < -0.3 is 8.98 Å². The summed E-state index contributed by atoms with van der Waals surface area (Å²) in [6, 6.07) is 12.8. The number of oxazole rings is 1. The number of aryl methyl sites for hydroxylation is 1. The number of pyridine rings is 1. The van der Waals surface area contributed by atoms with Gasteiger partial charge in [0.25, 0.3) is 5.56 Å². The Morgan fingerprint density at radius 2 is 1.85 bits per heavy atom. The summed E-state index contributed by atoms with van der Waals surface area (Å²) in [5.41, 5.74) is 9.71. The first kappa shape index (κ1) is 21.4. The van der Waals surface area contributed by atoms with Gasteiger partial charge in [0.05, 0.1) is 12.1 Å². The molecule has 0 fully saturated rings. The van der Waals surface area contributed by atoms with Crippen molar-refractivity contribution in [3.05, 3.63) is 87.3 Å². The van der Waals surface area contributed by atoms with E-state index in [9.17, 15) is 9.59 Å². The van der Waals surface area contributed by atoms with Gasteiger partial charge in [0.2, 0.25) is 5.65 Å². The summed E-state index contributed by atoms with van der Waals surface area (Å²) in [6.07, 6.45) is 3.12. The van der Waals surface area contributed by atoms with Crippen molar-refractivity contribution in [3.8, 4) is 22.4 Å². The molecule has 1 aromatic carbocycles. The second-order valence-electron chi connectivity index (χ2n) is 8.34. The molecule has 0 aliphatic heterocycles. The van der Waals surface area contributed by atoms with E-state index in [1.165, 1.54) is 21.5 Å². The molecule has 3 N–H and O–H groups in total. The minimum atomic E-state index is -0.413. The van der Waals surface area contributed by atoms with E-state index in [0.29, 0.717) is 28.4 Å². The lowest BCUT2D eigenvalue weighted by Crippen LogP contribution is -2.28. The van der Waals surface area contributed by atoms with Gasteiger partial charge in [-0.05, 0) is 26.8 Å². The number of nitrogens with two attached hydrogens (primary N) is 1. The first-order valence-electron chi connectivity index (χ1n) is 10.9. The summed E-state index contributed by atoms with van der Waals surface area (Å²) in [7, 11) is 0. The second kappa shape index (κ2) is 8.14. The van der Waals surface area contributed by atoms with E-state index in [1.807, 2.05) is 44.2 Å². The first-order valence-corrected chi connectivity index (χ1v) is 10.9. The minimum Gasteiger partial charge on any atom is -0.448 e. The van der Waals surface area contributed by atoms with Crippen LogP contribution in [-0.2, 0) is 6.54 Å². The molecule has 0 radical (unpaired) electrons. The largest absolute Gasteiger partial charge is 0.448 e. The lowest BCUT2D eigenvalue weighted by molar-refractivity contribution is -0.351. The first-order chi connectivity index (χ1) is 16.3. The normalized spacial score (nSPS) is 11.5. The quantitative estimate of drug-likeness (QED) is 0.431. The van der Waals surface area contributed by atoms with E-state index in [2.05, 4.69) is 15.1 Å². The lowest BCUT2D eigenvalue weighted by atomic mass is 10.0. The number of rotatable bonds is 5. The van der Waals surface area contributed by atoms with Crippen LogP contribution in [0.4, 0.5) is 5.95 Å². The molecule has 0 unspecified atom stereocenters. The predicted molar refractivity (Wildman–Crippen MR) is 126 cm³/mol. The van der Waals surface area contributed by atoms with E-state index in [4.69, 9.17) is 10.2 Å². The molecule has 5 aromatic rings. The predicted octanol–water partition coefficient (Wildman–Crippen LogP) is 2.31. The van der Waals surface area contributed by atoms with Crippen molar-refractivity contribution >= 4 is 11.6 Å². The highest BCUT2D eigenvalue weighted by Crippen LogP contribution is 2.32. The summed E-state index contributed by atoms with van der Waals surface area (Å²) in [5.74, 6) is 0.751. The number of nitrogens with zero attached hydrogens (tertiary/aromatic N) is 5. The maximum absolute atomic E-state index is 13.3. The maximum Gasteiger partial charge on any atom is 0.411 e. The highest BCUT2D eigenvalue weighted by atomic mass is 16.3. The molecule has 10 nitrogen and oxygen atoms in total. The monoisotopic (exact) mass is 458 g/mol. The smallest absolute Gasteiger partial charge is 0.411 e.